The topological polar surface area (TPSA) is 29.5 Å². The van der Waals surface area contributed by atoms with Crippen LogP contribution in [0.25, 0.3) is 88.0 Å². The number of nitrogens with zero attached hydrogens (tertiary/aromatic N) is 1. The van der Waals surface area contributed by atoms with Crippen molar-refractivity contribution in [1.82, 2.24) is 0 Å². The first-order chi connectivity index (χ1) is 27.2. The number of furan rings is 2. The second kappa shape index (κ2) is 12.6. The Kier molecular flexibility index (Phi) is 7.17. The minimum atomic E-state index is 0.837. The quantitative estimate of drug-likeness (QED) is 0.173. The third-order valence-electron chi connectivity index (χ3n) is 10.8. The van der Waals surface area contributed by atoms with E-state index in [1.54, 1.807) is 0 Å². The molecule has 0 amide bonds. The maximum atomic E-state index is 6.88. The van der Waals surface area contributed by atoms with Gasteiger partial charge >= 0.3 is 0 Å². The van der Waals surface area contributed by atoms with Gasteiger partial charge in [-0.3, -0.25) is 0 Å². The zero-order valence-corrected chi connectivity index (χ0v) is 29.8. The summed E-state index contributed by atoms with van der Waals surface area (Å²) in [5.41, 5.74) is 13.5. The van der Waals surface area contributed by atoms with E-state index in [9.17, 15) is 0 Å². The van der Waals surface area contributed by atoms with Gasteiger partial charge in [0.2, 0.25) is 0 Å². The number of anilines is 3. The van der Waals surface area contributed by atoms with Crippen LogP contribution < -0.4 is 4.90 Å². The minimum absolute atomic E-state index is 0.837. The largest absolute Gasteiger partial charge is 0.456 e. The zero-order valence-electron chi connectivity index (χ0n) is 29.8. The molecule has 11 aromatic rings. The van der Waals surface area contributed by atoms with Crippen LogP contribution in [-0.4, -0.2) is 0 Å². The van der Waals surface area contributed by atoms with Crippen molar-refractivity contribution in [2.45, 2.75) is 0 Å². The molecule has 9 aromatic carbocycles. The van der Waals surface area contributed by atoms with E-state index < -0.39 is 0 Å². The molecule has 3 heteroatoms. The highest BCUT2D eigenvalue weighted by Gasteiger charge is 2.20. The lowest BCUT2D eigenvalue weighted by atomic mass is 9.90. The number of hydrogen-bond acceptors (Lipinski definition) is 3. The van der Waals surface area contributed by atoms with Gasteiger partial charge in [-0.2, -0.15) is 0 Å². The maximum Gasteiger partial charge on any atom is 0.137 e. The second-order valence-electron chi connectivity index (χ2n) is 14.1. The van der Waals surface area contributed by atoms with Crippen molar-refractivity contribution in [3.05, 3.63) is 200 Å². The highest BCUT2D eigenvalue weighted by Crippen LogP contribution is 2.45. The van der Waals surface area contributed by atoms with Crippen LogP contribution in [0.5, 0.6) is 0 Å². The highest BCUT2D eigenvalue weighted by molar-refractivity contribution is 6.22. The Hall–Kier alpha value is -7.36. The van der Waals surface area contributed by atoms with E-state index in [4.69, 9.17) is 8.83 Å². The predicted octanol–water partition coefficient (Wildman–Crippen LogP) is 15.1. The molecule has 0 aliphatic rings. The van der Waals surface area contributed by atoms with Crippen molar-refractivity contribution in [3.8, 4) is 33.4 Å². The van der Waals surface area contributed by atoms with E-state index >= 15 is 0 Å². The van der Waals surface area contributed by atoms with E-state index in [1.807, 2.05) is 18.2 Å². The van der Waals surface area contributed by atoms with Gasteiger partial charge in [0.25, 0.3) is 0 Å². The third-order valence-corrected chi connectivity index (χ3v) is 10.8. The molecule has 55 heavy (non-hydrogen) atoms. The van der Waals surface area contributed by atoms with Crippen LogP contribution in [0.1, 0.15) is 0 Å². The summed E-state index contributed by atoms with van der Waals surface area (Å²) in [6.07, 6.45) is 0. The lowest BCUT2D eigenvalue weighted by Crippen LogP contribution is -2.09. The molecule has 2 aromatic heterocycles. The fraction of sp³-hybridized carbons (Fsp3) is 0. The molecule has 0 fully saturated rings. The summed E-state index contributed by atoms with van der Waals surface area (Å²) in [5.74, 6) is 0. The summed E-state index contributed by atoms with van der Waals surface area (Å²) in [5, 5.41) is 6.80. The van der Waals surface area contributed by atoms with Crippen molar-refractivity contribution < 1.29 is 8.83 Å². The van der Waals surface area contributed by atoms with E-state index in [0.29, 0.717) is 0 Å². The molecular formula is C52H33NO2. The van der Waals surface area contributed by atoms with Crippen LogP contribution in [0, 0.1) is 0 Å². The highest BCUT2D eigenvalue weighted by atomic mass is 16.3. The maximum absolute atomic E-state index is 6.88. The summed E-state index contributed by atoms with van der Waals surface area (Å²) < 4.78 is 13.2. The Bertz CT molecular complexity index is 3140. The third kappa shape index (κ3) is 5.28. The van der Waals surface area contributed by atoms with Crippen LogP contribution in [0.4, 0.5) is 17.1 Å². The average molecular weight is 704 g/mol. The lowest BCUT2D eigenvalue weighted by Gasteiger charge is -2.25. The molecule has 258 valence electrons. The molecule has 0 radical (unpaired) electrons. The number of rotatable bonds is 6. The van der Waals surface area contributed by atoms with Crippen LogP contribution >= 0.6 is 0 Å². The first kappa shape index (κ1) is 31.2. The summed E-state index contributed by atoms with van der Waals surface area (Å²) in [6, 6.07) is 70.9. The summed E-state index contributed by atoms with van der Waals surface area (Å²) in [4.78, 5) is 2.27. The van der Waals surface area contributed by atoms with Crippen LogP contribution in [0.3, 0.4) is 0 Å². The minimum Gasteiger partial charge on any atom is -0.456 e. The van der Waals surface area contributed by atoms with Gasteiger partial charge in [0.1, 0.15) is 22.3 Å². The Morgan fingerprint density at radius 1 is 0.273 bits per heavy atom. The molecule has 11 rings (SSSR count). The fourth-order valence-electron chi connectivity index (χ4n) is 8.26. The van der Waals surface area contributed by atoms with Crippen molar-refractivity contribution in [2.24, 2.45) is 0 Å². The summed E-state index contributed by atoms with van der Waals surface area (Å²) in [6.45, 7) is 0. The van der Waals surface area contributed by atoms with Crippen LogP contribution in [0.2, 0.25) is 0 Å². The molecule has 0 saturated carbocycles. The Morgan fingerprint density at radius 2 is 0.764 bits per heavy atom. The number of para-hydroxylation sites is 2. The van der Waals surface area contributed by atoms with Gasteiger partial charge in [0, 0.05) is 50.7 Å². The number of benzene rings is 9. The predicted molar refractivity (Wildman–Crippen MR) is 229 cm³/mol. The average Bonchev–Trinajstić information content (AvgIpc) is 3.82. The standard InChI is InChI=1S/C52H33NO2/c1-4-14-34(15-5-1)36-28-37(35-16-6-2-7-17-35)30-38(29-36)47-33-51-52(45-22-11-10-20-42(45)47)46-27-25-41(32-50(46)55-51)53(39-18-8-3-9-19-39)40-24-26-44-43-21-12-13-23-48(43)54-49(44)31-40/h1-33H. The Balaban J connectivity index is 1.10. The molecule has 0 saturated heterocycles. The number of hydrogen-bond donors (Lipinski definition) is 0. The molecule has 0 bridgehead atoms. The molecule has 0 N–H and O–H groups in total. The zero-order chi connectivity index (χ0) is 36.3. The molecule has 0 aliphatic carbocycles. The van der Waals surface area contributed by atoms with Gasteiger partial charge in [-0.05, 0) is 111 Å². The van der Waals surface area contributed by atoms with Gasteiger partial charge in [0.05, 0.1) is 0 Å². The smallest absolute Gasteiger partial charge is 0.137 e. The van der Waals surface area contributed by atoms with E-state index in [1.165, 1.54) is 33.0 Å². The van der Waals surface area contributed by atoms with Crippen molar-refractivity contribution in [3.63, 3.8) is 0 Å². The van der Waals surface area contributed by atoms with E-state index in [0.717, 1.165) is 72.1 Å². The SMILES string of the molecule is c1ccc(-c2cc(-c3ccccc3)cc(-c3cc4oc5cc(N(c6ccccc6)c6ccc7c(c6)oc6ccccc67)ccc5c4c4ccccc34)c2)cc1. The molecule has 0 aliphatic heterocycles. The second-order valence-corrected chi connectivity index (χ2v) is 14.1. The summed E-state index contributed by atoms with van der Waals surface area (Å²) in [7, 11) is 0. The molecule has 2 heterocycles. The van der Waals surface area contributed by atoms with Crippen LogP contribution in [-0.2, 0) is 0 Å². The summed E-state index contributed by atoms with van der Waals surface area (Å²) >= 11 is 0. The Labute approximate surface area is 317 Å². The molecular weight excluding hydrogens is 671 g/mol. The van der Waals surface area contributed by atoms with Gasteiger partial charge in [-0.25, -0.2) is 0 Å². The van der Waals surface area contributed by atoms with Gasteiger partial charge in [0.15, 0.2) is 0 Å². The fourth-order valence-corrected chi connectivity index (χ4v) is 8.26. The monoisotopic (exact) mass is 703 g/mol. The molecule has 0 atom stereocenters. The van der Waals surface area contributed by atoms with E-state index in [-0.39, 0.29) is 0 Å². The number of fused-ring (bicyclic) bond motifs is 8. The van der Waals surface area contributed by atoms with Gasteiger partial charge in [-0.1, -0.05) is 121 Å². The van der Waals surface area contributed by atoms with Crippen molar-refractivity contribution >= 4 is 71.7 Å². The first-order valence-corrected chi connectivity index (χ1v) is 18.7. The normalized spacial score (nSPS) is 11.6. The van der Waals surface area contributed by atoms with Crippen molar-refractivity contribution in [2.75, 3.05) is 4.90 Å². The molecule has 3 nitrogen and oxygen atoms in total. The van der Waals surface area contributed by atoms with E-state index in [2.05, 4.69) is 187 Å². The first-order valence-electron chi connectivity index (χ1n) is 18.7. The Morgan fingerprint density at radius 3 is 1.44 bits per heavy atom. The molecule has 0 unspecified atom stereocenters. The van der Waals surface area contributed by atoms with Gasteiger partial charge in [-0.15, -0.1) is 0 Å². The van der Waals surface area contributed by atoms with Crippen molar-refractivity contribution in [1.29, 1.82) is 0 Å². The lowest BCUT2D eigenvalue weighted by molar-refractivity contribution is 0.669. The van der Waals surface area contributed by atoms with Crippen LogP contribution in [0.15, 0.2) is 209 Å². The molecule has 0 spiro atoms. The van der Waals surface area contributed by atoms with Gasteiger partial charge < -0.3 is 13.7 Å².